The van der Waals surface area contributed by atoms with Crippen molar-refractivity contribution < 1.29 is 23.0 Å². The van der Waals surface area contributed by atoms with Crippen LogP contribution in [0.25, 0.3) is 11.3 Å². The van der Waals surface area contributed by atoms with Gasteiger partial charge in [0.15, 0.2) is 0 Å². The number of anilines is 1. The predicted octanol–water partition coefficient (Wildman–Crippen LogP) is 5.50. The minimum atomic E-state index is -3.26. The number of nitrogens with zero attached hydrogens (tertiary/aromatic N) is 3. The Kier molecular flexibility index (Phi) is 7.35. The molecule has 184 valence electrons. The first-order valence-corrected chi connectivity index (χ1v) is 11.6. The van der Waals surface area contributed by atoms with Crippen molar-refractivity contribution in [3.05, 3.63) is 65.0 Å². The molecule has 1 aromatic carbocycles. The lowest BCUT2D eigenvalue weighted by atomic mass is 9.89. The van der Waals surface area contributed by atoms with Gasteiger partial charge in [-0.2, -0.15) is 0 Å². The van der Waals surface area contributed by atoms with Crippen molar-refractivity contribution in [1.29, 1.82) is 0 Å². The summed E-state index contributed by atoms with van der Waals surface area (Å²) in [5.41, 5.74) is 2.00. The fraction of sp³-hybridized carbons (Fsp3) is 0.385. The maximum absolute atomic E-state index is 15.1. The van der Waals surface area contributed by atoms with Crippen LogP contribution in [0.5, 0.6) is 5.88 Å². The van der Waals surface area contributed by atoms with Crippen LogP contribution in [0, 0.1) is 6.92 Å². The second-order valence-electron chi connectivity index (χ2n) is 8.57. The predicted molar refractivity (Wildman–Crippen MR) is 128 cm³/mol. The van der Waals surface area contributed by atoms with Gasteiger partial charge in [0, 0.05) is 49.2 Å². The first-order chi connectivity index (χ1) is 16.8. The van der Waals surface area contributed by atoms with E-state index in [2.05, 4.69) is 20.5 Å². The number of hydrogen-bond acceptors (Lipinski definition) is 6. The van der Waals surface area contributed by atoms with Crippen LogP contribution in [0.2, 0.25) is 0 Å². The lowest BCUT2D eigenvalue weighted by Crippen LogP contribution is -2.19. The summed E-state index contributed by atoms with van der Waals surface area (Å²) in [6.07, 6.45) is 4.50. The molecule has 3 aromatic rings. The normalized spacial score (nSPS) is 14.5. The molecule has 0 bridgehead atoms. The average Bonchev–Trinajstić information content (AvgIpc) is 2.86. The molecular formula is C26H28F2N4O3. The maximum Gasteiger partial charge on any atom is 0.273 e. The van der Waals surface area contributed by atoms with Crippen molar-refractivity contribution >= 4 is 11.6 Å². The summed E-state index contributed by atoms with van der Waals surface area (Å²) in [4.78, 5) is 16.7. The number of benzene rings is 1. The van der Waals surface area contributed by atoms with Crippen LogP contribution in [-0.2, 0) is 10.7 Å². The number of rotatable bonds is 7. The van der Waals surface area contributed by atoms with Crippen molar-refractivity contribution in [3.8, 4) is 17.1 Å². The molecule has 0 spiro atoms. The zero-order chi connectivity index (χ0) is 25.0. The molecule has 35 heavy (non-hydrogen) atoms. The number of aryl methyl sites for hydroxylation is 1. The van der Waals surface area contributed by atoms with E-state index in [4.69, 9.17) is 9.47 Å². The number of nitrogens with one attached hydrogen (secondary N) is 1. The fourth-order valence-electron chi connectivity index (χ4n) is 4.36. The van der Waals surface area contributed by atoms with Gasteiger partial charge in [-0.15, -0.1) is 10.2 Å². The number of aromatic nitrogens is 3. The van der Waals surface area contributed by atoms with Gasteiger partial charge >= 0.3 is 0 Å². The van der Waals surface area contributed by atoms with Crippen LogP contribution in [0.15, 0.2) is 42.7 Å². The third-order valence-corrected chi connectivity index (χ3v) is 6.03. The Labute approximate surface area is 202 Å². The van der Waals surface area contributed by atoms with Gasteiger partial charge < -0.3 is 14.8 Å². The summed E-state index contributed by atoms with van der Waals surface area (Å²) in [7, 11) is 0. The molecule has 0 aliphatic carbocycles. The Morgan fingerprint density at radius 1 is 1.17 bits per heavy atom. The minimum absolute atomic E-state index is 0.0169. The molecule has 3 heterocycles. The van der Waals surface area contributed by atoms with Crippen LogP contribution in [0.3, 0.4) is 0 Å². The number of halogens is 2. The number of pyridine rings is 1. The lowest BCUT2D eigenvalue weighted by molar-refractivity contribution is 0.0188. The zero-order valence-corrected chi connectivity index (χ0v) is 20.0. The highest BCUT2D eigenvalue weighted by Gasteiger charge is 2.34. The summed E-state index contributed by atoms with van der Waals surface area (Å²) >= 11 is 0. The first-order valence-electron chi connectivity index (χ1n) is 11.6. The second kappa shape index (κ2) is 10.4. The lowest BCUT2D eigenvalue weighted by Gasteiger charge is -2.25. The van der Waals surface area contributed by atoms with Crippen molar-refractivity contribution in [1.82, 2.24) is 15.2 Å². The minimum Gasteiger partial charge on any atom is -0.477 e. The molecule has 1 saturated heterocycles. The van der Waals surface area contributed by atoms with Gasteiger partial charge in [-0.1, -0.05) is 6.07 Å². The number of hydrogen-bond donors (Lipinski definition) is 1. The van der Waals surface area contributed by atoms with Crippen molar-refractivity contribution in [2.75, 3.05) is 25.1 Å². The van der Waals surface area contributed by atoms with Crippen LogP contribution in [0.1, 0.15) is 59.7 Å². The molecular weight excluding hydrogens is 454 g/mol. The Balaban J connectivity index is 1.83. The number of carbonyl (C=O) groups excluding carboxylic acids is 1. The summed E-state index contributed by atoms with van der Waals surface area (Å²) in [6, 6.07) is 8.02. The van der Waals surface area contributed by atoms with E-state index in [9.17, 15) is 4.79 Å². The highest BCUT2D eigenvalue weighted by Crippen LogP contribution is 2.43. The van der Waals surface area contributed by atoms with E-state index >= 15 is 8.78 Å². The quantitative estimate of drug-likeness (QED) is 0.478. The molecule has 1 fully saturated rings. The SMILES string of the molecule is CCOc1nnc(-c2c(C)ccc(NC(=O)c3ccncc3)c2C(C)(F)F)cc1C1CCOCC1. The van der Waals surface area contributed by atoms with Crippen LogP contribution < -0.4 is 10.1 Å². The number of alkyl halides is 2. The van der Waals surface area contributed by atoms with E-state index in [0.717, 1.165) is 25.3 Å². The first kappa shape index (κ1) is 24.7. The monoisotopic (exact) mass is 482 g/mol. The van der Waals surface area contributed by atoms with Crippen LogP contribution in [-0.4, -0.2) is 40.9 Å². The van der Waals surface area contributed by atoms with E-state index in [1.807, 2.05) is 6.92 Å². The molecule has 1 aliphatic heterocycles. The van der Waals surface area contributed by atoms with Crippen LogP contribution >= 0.6 is 0 Å². The van der Waals surface area contributed by atoms with Crippen molar-refractivity contribution in [2.24, 2.45) is 0 Å². The molecule has 9 heteroatoms. The van der Waals surface area contributed by atoms with Crippen molar-refractivity contribution in [3.63, 3.8) is 0 Å². The molecule has 1 aliphatic rings. The van der Waals surface area contributed by atoms with Gasteiger partial charge in [-0.3, -0.25) is 9.78 Å². The molecule has 4 rings (SSSR count). The van der Waals surface area contributed by atoms with Gasteiger partial charge in [0.25, 0.3) is 11.8 Å². The Bertz CT molecular complexity index is 1190. The zero-order valence-electron chi connectivity index (χ0n) is 20.0. The van der Waals surface area contributed by atoms with Gasteiger partial charge in [-0.25, -0.2) is 8.78 Å². The molecule has 7 nitrogen and oxygen atoms in total. The summed E-state index contributed by atoms with van der Waals surface area (Å²) < 4.78 is 41.4. The van der Waals surface area contributed by atoms with Crippen molar-refractivity contribution in [2.45, 2.75) is 45.5 Å². The topological polar surface area (TPSA) is 86.2 Å². The number of carbonyl (C=O) groups is 1. The van der Waals surface area contributed by atoms with E-state index in [1.165, 1.54) is 30.6 Å². The van der Waals surface area contributed by atoms with Gasteiger partial charge in [0.1, 0.15) is 0 Å². The van der Waals surface area contributed by atoms with E-state index < -0.39 is 11.8 Å². The second-order valence-corrected chi connectivity index (χ2v) is 8.57. The molecule has 1 amide bonds. The van der Waals surface area contributed by atoms with Gasteiger partial charge in [0.2, 0.25) is 5.88 Å². The van der Waals surface area contributed by atoms with E-state index in [0.29, 0.717) is 42.5 Å². The number of ether oxygens (including phenoxy) is 2. The summed E-state index contributed by atoms with van der Waals surface area (Å²) in [5, 5.41) is 11.2. The van der Waals surface area contributed by atoms with Gasteiger partial charge in [0.05, 0.1) is 23.6 Å². The Hall–Kier alpha value is -3.46. The highest BCUT2D eigenvalue weighted by atomic mass is 19.3. The molecule has 1 N–H and O–H groups in total. The molecule has 0 saturated carbocycles. The summed E-state index contributed by atoms with van der Waals surface area (Å²) in [5.74, 6) is -3.23. The van der Waals surface area contributed by atoms with Crippen LogP contribution in [0.4, 0.5) is 14.5 Å². The van der Waals surface area contributed by atoms with Gasteiger partial charge in [-0.05, 0) is 62.4 Å². The summed E-state index contributed by atoms with van der Waals surface area (Å²) in [6.45, 7) is 6.06. The number of amides is 1. The average molecular weight is 483 g/mol. The maximum atomic E-state index is 15.1. The Morgan fingerprint density at radius 3 is 2.54 bits per heavy atom. The smallest absolute Gasteiger partial charge is 0.273 e. The van der Waals surface area contributed by atoms with E-state index in [1.54, 1.807) is 19.1 Å². The van der Waals surface area contributed by atoms with E-state index in [-0.39, 0.29) is 22.7 Å². The largest absolute Gasteiger partial charge is 0.477 e. The molecule has 2 aromatic heterocycles. The highest BCUT2D eigenvalue weighted by molar-refractivity contribution is 6.05. The Morgan fingerprint density at radius 2 is 1.89 bits per heavy atom. The standard InChI is InChI=1S/C26H28F2N4O3/c1-4-35-25-19(17-9-13-34-14-10-17)15-21(31-32-25)22-16(2)5-6-20(23(22)26(3,27)28)30-24(33)18-7-11-29-12-8-18/h5-8,11-12,15,17H,4,9-10,13-14H2,1-3H3,(H,30,33). The molecule has 0 unspecified atom stereocenters. The third kappa shape index (κ3) is 5.45. The molecule has 0 atom stereocenters. The molecule has 0 radical (unpaired) electrons. The fourth-order valence-corrected chi connectivity index (χ4v) is 4.36. The third-order valence-electron chi connectivity index (χ3n) is 6.03.